The smallest absolute Gasteiger partial charge is 0.242 e. The van der Waals surface area contributed by atoms with Crippen LogP contribution in [0.1, 0.15) is 39.4 Å². The summed E-state index contributed by atoms with van der Waals surface area (Å²) in [7, 11) is 0. The third-order valence-electron chi connectivity index (χ3n) is 1.84. The van der Waals surface area contributed by atoms with Gasteiger partial charge in [-0.25, -0.2) is 4.68 Å². The van der Waals surface area contributed by atoms with E-state index in [1.807, 2.05) is 27.7 Å². The molecule has 1 rings (SSSR count). The van der Waals surface area contributed by atoms with Crippen LogP contribution in [0, 0.1) is 0 Å². The number of rotatable bonds is 3. The predicted octanol–water partition coefficient (Wildman–Crippen LogP) is 0.213. The first kappa shape index (κ1) is 12.6. The number of hydrogen-bond donors (Lipinski definition) is 2. The molecule has 1 atom stereocenters. The van der Waals surface area contributed by atoms with Gasteiger partial charge in [-0.15, -0.1) is 5.10 Å². The van der Waals surface area contributed by atoms with E-state index in [1.165, 1.54) is 4.68 Å². The lowest BCUT2D eigenvalue weighted by molar-refractivity contribution is -0.123. The average molecular weight is 225 g/mol. The van der Waals surface area contributed by atoms with Gasteiger partial charge in [0.05, 0.1) is 11.9 Å². The Labute approximate surface area is 95.2 Å². The van der Waals surface area contributed by atoms with Gasteiger partial charge >= 0.3 is 0 Å². The van der Waals surface area contributed by atoms with Crippen LogP contribution in [-0.4, -0.2) is 26.4 Å². The number of hydrogen-bond acceptors (Lipinski definition) is 4. The molecule has 1 unspecified atom stereocenters. The zero-order chi connectivity index (χ0) is 12.3. The van der Waals surface area contributed by atoms with Gasteiger partial charge in [0.2, 0.25) is 5.91 Å². The second-order valence-corrected chi connectivity index (χ2v) is 4.93. The van der Waals surface area contributed by atoms with E-state index in [1.54, 1.807) is 6.20 Å². The maximum Gasteiger partial charge on any atom is 0.242 e. The van der Waals surface area contributed by atoms with E-state index in [4.69, 9.17) is 5.73 Å². The molecule has 0 saturated carbocycles. The second-order valence-electron chi connectivity index (χ2n) is 4.93. The van der Waals surface area contributed by atoms with Crippen molar-refractivity contribution in [2.45, 2.75) is 45.8 Å². The van der Waals surface area contributed by atoms with E-state index < -0.39 is 0 Å². The molecule has 0 saturated heterocycles. The number of amides is 1. The van der Waals surface area contributed by atoms with Crippen molar-refractivity contribution in [2.24, 2.45) is 5.73 Å². The highest BCUT2D eigenvalue weighted by Crippen LogP contribution is 2.03. The summed E-state index contributed by atoms with van der Waals surface area (Å²) < 4.78 is 1.49. The normalized spacial score (nSPS) is 13.6. The molecule has 90 valence electrons. The molecule has 1 amide bonds. The van der Waals surface area contributed by atoms with Crippen LogP contribution in [0.25, 0.3) is 0 Å². The molecular weight excluding hydrogens is 206 g/mol. The molecule has 0 spiro atoms. The Hall–Kier alpha value is -1.43. The molecule has 3 N–H and O–H groups in total. The second kappa shape index (κ2) is 4.61. The Balaban J connectivity index is 2.57. The van der Waals surface area contributed by atoms with Crippen LogP contribution < -0.4 is 11.1 Å². The van der Waals surface area contributed by atoms with Crippen molar-refractivity contribution >= 4 is 5.91 Å². The number of carbonyl (C=O) groups is 1. The van der Waals surface area contributed by atoms with Gasteiger partial charge in [-0.05, 0) is 27.7 Å². The topological polar surface area (TPSA) is 85.8 Å². The van der Waals surface area contributed by atoms with Gasteiger partial charge < -0.3 is 11.1 Å². The summed E-state index contributed by atoms with van der Waals surface area (Å²) in [6, 6.07) is -0.167. The van der Waals surface area contributed by atoms with Gasteiger partial charge in [0, 0.05) is 11.6 Å². The highest BCUT2D eigenvalue weighted by molar-refractivity contribution is 5.76. The number of carbonyl (C=O) groups excluding carboxylic acids is 1. The van der Waals surface area contributed by atoms with Gasteiger partial charge in [-0.1, -0.05) is 5.21 Å². The summed E-state index contributed by atoms with van der Waals surface area (Å²) >= 11 is 0. The summed E-state index contributed by atoms with van der Waals surface area (Å²) in [5.74, 6) is -0.0892. The van der Waals surface area contributed by atoms with Crippen LogP contribution in [0.5, 0.6) is 0 Å². The maximum absolute atomic E-state index is 11.6. The van der Waals surface area contributed by atoms with Crippen molar-refractivity contribution in [1.29, 1.82) is 0 Å². The molecule has 0 aromatic carbocycles. The standard InChI is InChI=1S/C10H19N5O/c1-7(11)8-5-15(14-13-8)6-9(16)12-10(2,3)4/h5,7H,6,11H2,1-4H3,(H,12,16). The zero-order valence-corrected chi connectivity index (χ0v) is 10.2. The molecule has 0 radical (unpaired) electrons. The van der Waals surface area contributed by atoms with Crippen LogP contribution in [0.2, 0.25) is 0 Å². The van der Waals surface area contributed by atoms with Crippen LogP contribution in [0.3, 0.4) is 0 Å². The molecule has 1 aromatic rings. The van der Waals surface area contributed by atoms with Gasteiger partial charge in [-0.3, -0.25) is 4.79 Å². The van der Waals surface area contributed by atoms with E-state index in [2.05, 4.69) is 15.6 Å². The molecule has 1 heterocycles. The Morgan fingerprint density at radius 3 is 2.69 bits per heavy atom. The highest BCUT2D eigenvalue weighted by atomic mass is 16.2. The van der Waals surface area contributed by atoms with E-state index in [9.17, 15) is 4.79 Å². The third kappa shape index (κ3) is 3.98. The van der Waals surface area contributed by atoms with E-state index in [-0.39, 0.29) is 24.0 Å². The monoisotopic (exact) mass is 225 g/mol. The molecule has 16 heavy (non-hydrogen) atoms. The lowest BCUT2D eigenvalue weighted by atomic mass is 10.1. The number of nitrogens with one attached hydrogen (secondary N) is 1. The summed E-state index contributed by atoms with van der Waals surface area (Å²) in [4.78, 5) is 11.6. The Morgan fingerprint density at radius 2 is 2.25 bits per heavy atom. The van der Waals surface area contributed by atoms with Crippen molar-refractivity contribution < 1.29 is 4.79 Å². The van der Waals surface area contributed by atoms with Gasteiger partial charge in [-0.2, -0.15) is 0 Å². The molecule has 0 fully saturated rings. The fourth-order valence-electron chi connectivity index (χ4n) is 1.20. The lowest BCUT2D eigenvalue weighted by Crippen LogP contribution is -2.42. The van der Waals surface area contributed by atoms with Gasteiger partial charge in [0.1, 0.15) is 6.54 Å². The summed E-state index contributed by atoms with van der Waals surface area (Å²) in [6.45, 7) is 7.78. The first-order valence-electron chi connectivity index (χ1n) is 5.24. The molecule has 6 nitrogen and oxygen atoms in total. The van der Waals surface area contributed by atoms with Crippen LogP contribution in [-0.2, 0) is 11.3 Å². The minimum absolute atomic E-state index is 0.0892. The SMILES string of the molecule is CC(N)c1cn(CC(=O)NC(C)(C)C)nn1. The van der Waals surface area contributed by atoms with Crippen molar-refractivity contribution in [3.8, 4) is 0 Å². The van der Waals surface area contributed by atoms with E-state index >= 15 is 0 Å². The minimum Gasteiger partial charge on any atom is -0.350 e. The Kier molecular flexibility index (Phi) is 3.64. The summed E-state index contributed by atoms with van der Waals surface area (Å²) in [5.41, 5.74) is 6.09. The van der Waals surface area contributed by atoms with E-state index in [0.29, 0.717) is 5.69 Å². The highest BCUT2D eigenvalue weighted by Gasteiger charge is 2.14. The van der Waals surface area contributed by atoms with Crippen LogP contribution in [0.15, 0.2) is 6.20 Å². The van der Waals surface area contributed by atoms with Crippen LogP contribution >= 0.6 is 0 Å². The van der Waals surface area contributed by atoms with Gasteiger partial charge in [0.25, 0.3) is 0 Å². The first-order chi connectivity index (χ1) is 7.28. The van der Waals surface area contributed by atoms with Crippen molar-refractivity contribution in [3.05, 3.63) is 11.9 Å². The predicted molar refractivity (Wildman–Crippen MR) is 60.5 cm³/mol. The minimum atomic E-state index is -0.234. The molecular formula is C10H19N5O. The van der Waals surface area contributed by atoms with Crippen molar-refractivity contribution in [3.63, 3.8) is 0 Å². The molecule has 0 aliphatic heterocycles. The van der Waals surface area contributed by atoms with Gasteiger partial charge in [0.15, 0.2) is 0 Å². The van der Waals surface area contributed by atoms with E-state index in [0.717, 1.165) is 0 Å². The Bertz CT molecular complexity index is 364. The fraction of sp³-hybridized carbons (Fsp3) is 0.700. The van der Waals surface area contributed by atoms with Crippen molar-refractivity contribution in [1.82, 2.24) is 20.3 Å². The molecule has 6 heteroatoms. The number of nitrogens with zero attached hydrogens (tertiary/aromatic N) is 3. The summed E-state index contributed by atoms with van der Waals surface area (Å²) in [5, 5.41) is 10.6. The molecule has 0 bridgehead atoms. The largest absolute Gasteiger partial charge is 0.350 e. The third-order valence-corrected chi connectivity index (χ3v) is 1.84. The molecule has 1 aromatic heterocycles. The summed E-state index contributed by atoms with van der Waals surface area (Å²) in [6.07, 6.45) is 1.69. The molecule has 0 aliphatic rings. The maximum atomic E-state index is 11.6. The van der Waals surface area contributed by atoms with Crippen LogP contribution in [0.4, 0.5) is 0 Å². The first-order valence-corrected chi connectivity index (χ1v) is 5.24. The zero-order valence-electron chi connectivity index (χ0n) is 10.2. The molecule has 0 aliphatic carbocycles. The number of nitrogens with two attached hydrogens (primary N) is 1. The van der Waals surface area contributed by atoms with Crippen molar-refractivity contribution in [2.75, 3.05) is 0 Å². The Morgan fingerprint density at radius 1 is 1.62 bits per heavy atom. The lowest BCUT2D eigenvalue weighted by Gasteiger charge is -2.20. The quantitative estimate of drug-likeness (QED) is 0.770. The average Bonchev–Trinajstić information content (AvgIpc) is 2.48. The fourth-order valence-corrected chi connectivity index (χ4v) is 1.20. The number of aromatic nitrogens is 3.